The maximum atomic E-state index is 4.42. The van der Waals surface area contributed by atoms with Crippen LogP contribution in [0.25, 0.3) is 10.7 Å². The Morgan fingerprint density at radius 3 is 3.00 bits per heavy atom. The average molecular weight is 191 g/mol. The lowest BCUT2D eigenvalue weighted by molar-refractivity contribution is 1.00. The van der Waals surface area contributed by atoms with Gasteiger partial charge < -0.3 is 0 Å². The lowest BCUT2D eigenvalue weighted by Gasteiger charge is -1.97. The number of aromatic nitrogens is 3. The van der Waals surface area contributed by atoms with Crippen molar-refractivity contribution in [3.8, 4) is 10.7 Å². The van der Waals surface area contributed by atoms with Crippen LogP contribution in [-0.4, -0.2) is 15.0 Å². The fraction of sp³-hybridized carbons (Fsp3) is 0.222. The predicted molar refractivity (Wildman–Crippen MR) is 52.5 cm³/mol. The number of thiazole rings is 1. The van der Waals surface area contributed by atoms with Crippen molar-refractivity contribution in [1.29, 1.82) is 0 Å². The van der Waals surface area contributed by atoms with Gasteiger partial charge in [0.15, 0.2) is 0 Å². The molecule has 0 saturated carbocycles. The highest BCUT2D eigenvalue weighted by Crippen LogP contribution is 2.18. The summed E-state index contributed by atoms with van der Waals surface area (Å²) >= 11 is 1.58. The maximum absolute atomic E-state index is 4.42. The van der Waals surface area contributed by atoms with Gasteiger partial charge in [-0.25, -0.2) is 9.97 Å². The van der Waals surface area contributed by atoms with E-state index in [0.29, 0.717) is 0 Å². The average Bonchev–Trinajstić information content (AvgIpc) is 2.71. The Labute approximate surface area is 80.5 Å². The molecule has 0 aromatic carbocycles. The molecule has 0 spiro atoms. The molecule has 0 aliphatic carbocycles. The fourth-order valence-electron chi connectivity index (χ4n) is 1.03. The Morgan fingerprint density at radius 2 is 2.31 bits per heavy atom. The zero-order chi connectivity index (χ0) is 9.10. The van der Waals surface area contributed by atoms with Crippen molar-refractivity contribution in [3.63, 3.8) is 0 Å². The monoisotopic (exact) mass is 191 g/mol. The Bertz CT molecular complexity index is 384. The van der Waals surface area contributed by atoms with Gasteiger partial charge in [0.05, 0.1) is 11.9 Å². The molecule has 0 saturated heterocycles. The zero-order valence-corrected chi connectivity index (χ0v) is 8.08. The molecule has 2 aromatic heterocycles. The molecule has 0 fully saturated rings. The third-order valence-electron chi connectivity index (χ3n) is 1.70. The van der Waals surface area contributed by atoms with Gasteiger partial charge in [-0.05, 0) is 6.42 Å². The van der Waals surface area contributed by atoms with E-state index in [9.17, 15) is 0 Å². The first-order valence-corrected chi connectivity index (χ1v) is 4.99. The van der Waals surface area contributed by atoms with E-state index in [4.69, 9.17) is 0 Å². The molecule has 0 bridgehead atoms. The summed E-state index contributed by atoms with van der Waals surface area (Å²) in [6, 6.07) is 0. The van der Waals surface area contributed by atoms with Crippen molar-refractivity contribution < 1.29 is 0 Å². The fourth-order valence-corrected chi connectivity index (χ4v) is 1.62. The van der Waals surface area contributed by atoms with Crippen molar-refractivity contribution in [2.45, 2.75) is 13.3 Å². The molecule has 0 atom stereocenters. The summed E-state index contributed by atoms with van der Waals surface area (Å²) in [5.41, 5.74) is 1.88. The summed E-state index contributed by atoms with van der Waals surface area (Å²) in [7, 11) is 0. The van der Waals surface area contributed by atoms with Crippen LogP contribution >= 0.6 is 11.3 Å². The molecule has 13 heavy (non-hydrogen) atoms. The summed E-state index contributed by atoms with van der Waals surface area (Å²) < 4.78 is 0. The van der Waals surface area contributed by atoms with Crippen molar-refractivity contribution in [1.82, 2.24) is 15.0 Å². The second-order valence-electron chi connectivity index (χ2n) is 2.59. The first-order chi connectivity index (χ1) is 6.40. The van der Waals surface area contributed by atoms with Gasteiger partial charge in [-0.15, -0.1) is 11.3 Å². The SMILES string of the molecule is CCc1cncc(-c2nccs2)n1. The molecule has 0 radical (unpaired) electrons. The van der Waals surface area contributed by atoms with E-state index >= 15 is 0 Å². The summed E-state index contributed by atoms with van der Waals surface area (Å²) in [4.78, 5) is 12.7. The highest BCUT2D eigenvalue weighted by atomic mass is 32.1. The van der Waals surface area contributed by atoms with E-state index < -0.39 is 0 Å². The van der Waals surface area contributed by atoms with Gasteiger partial charge in [-0.1, -0.05) is 6.92 Å². The minimum absolute atomic E-state index is 0.870. The maximum Gasteiger partial charge on any atom is 0.143 e. The molecule has 3 nitrogen and oxygen atoms in total. The molecule has 0 aliphatic rings. The number of hydrogen-bond acceptors (Lipinski definition) is 4. The minimum Gasteiger partial charge on any atom is -0.260 e. The highest BCUT2D eigenvalue weighted by molar-refractivity contribution is 7.13. The van der Waals surface area contributed by atoms with E-state index in [-0.39, 0.29) is 0 Å². The van der Waals surface area contributed by atoms with Gasteiger partial charge in [-0.2, -0.15) is 0 Å². The Kier molecular flexibility index (Phi) is 2.31. The third kappa shape index (κ3) is 1.72. The molecule has 4 heteroatoms. The van der Waals surface area contributed by atoms with Gasteiger partial charge in [0.2, 0.25) is 0 Å². The number of aryl methyl sites for hydroxylation is 1. The normalized spacial score (nSPS) is 10.2. The van der Waals surface area contributed by atoms with Gasteiger partial charge in [0.25, 0.3) is 0 Å². The highest BCUT2D eigenvalue weighted by Gasteiger charge is 2.02. The largest absolute Gasteiger partial charge is 0.260 e. The number of nitrogens with zero attached hydrogens (tertiary/aromatic N) is 3. The lowest BCUT2D eigenvalue weighted by Crippen LogP contribution is -1.91. The van der Waals surface area contributed by atoms with Gasteiger partial charge in [0.1, 0.15) is 10.7 Å². The second kappa shape index (κ2) is 3.62. The van der Waals surface area contributed by atoms with Crippen molar-refractivity contribution in [2.24, 2.45) is 0 Å². The standard InChI is InChI=1S/C9H9N3S/c1-2-7-5-10-6-8(12-7)9-11-3-4-13-9/h3-6H,2H2,1H3. The van der Waals surface area contributed by atoms with Crippen LogP contribution in [0.1, 0.15) is 12.6 Å². The molecule has 0 amide bonds. The Balaban J connectivity index is 2.41. The first-order valence-electron chi connectivity index (χ1n) is 4.11. The van der Waals surface area contributed by atoms with E-state index in [0.717, 1.165) is 22.8 Å². The first kappa shape index (κ1) is 8.31. The molecule has 0 aliphatic heterocycles. The van der Waals surface area contributed by atoms with E-state index in [1.54, 1.807) is 29.9 Å². The molecule has 2 rings (SSSR count). The predicted octanol–water partition coefficient (Wildman–Crippen LogP) is 2.16. The van der Waals surface area contributed by atoms with Gasteiger partial charge in [-0.3, -0.25) is 4.98 Å². The molecular formula is C9H9N3S. The van der Waals surface area contributed by atoms with Crippen LogP contribution in [-0.2, 0) is 6.42 Å². The van der Waals surface area contributed by atoms with Crippen LogP contribution in [0.4, 0.5) is 0 Å². The summed E-state index contributed by atoms with van der Waals surface area (Å²) in [6.45, 7) is 2.07. The Hall–Kier alpha value is -1.29. The van der Waals surface area contributed by atoms with Crippen molar-refractivity contribution >= 4 is 11.3 Å². The zero-order valence-electron chi connectivity index (χ0n) is 7.27. The van der Waals surface area contributed by atoms with E-state index in [2.05, 4.69) is 21.9 Å². The summed E-state index contributed by atoms with van der Waals surface area (Å²) in [5, 5.41) is 2.87. The van der Waals surface area contributed by atoms with E-state index in [1.165, 1.54) is 0 Å². The van der Waals surface area contributed by atoms with Crippen LogP contribution in [0.15, 0.2) is 24.0 Å². The number of rotatable bonds is 2. The molecule has 66 valence electrons. The van der Waals surface area contributed by atoms with Gasteiger partial charge in [0, 0.05) is 17.8 Å². The van der Waals surface area contributed by atoms with Crippen LogP contribution in [0.3, 0.4) is 0 Å². The van der Waals surface area contributed by atoms with Gasteiger partial charge >= 0.3 is 0 Å². The minimum atomic E-state index is 0.870. The summed E-state index contributed by atoms with van der Waals surface area (Å²) in [6.07, 6.45) is 6.22. The lowest BCUT2D eigenvalue weighted by atomic mass is 10.3. The molecule has 0 unspecified atom stereocenters. The van der Waals surface area contributed by atoms with Crippen molar-refractivity contribution in [2.75, 3.05) is 0 Å². The number of hydrogen-bond donors (Lipinski definition) is 0. The topological polar surface area (TPSA) is 38.7 Å². The van der Waals surface area contributed by atoms with Crippen LogP contribution in [0, 0.1) is 0 Å². The van der Waals surface area contributed by atoms with Crippen LogP contribution in [0.5, 0.6) is 0 Å². The van der Waals surface area contributed by atoms with Crippen molar-refractivity contribution in [3.05, 3.63) is 29.7 Å². The molecule has 2 aromatic rings. The summed E-state index contributed by atoms with van der Waals surface area (Å²) in [5.74, 6) is 0. The molecular weight excluding hydrogens is 182 g/mol. The van der Waals surface area contributed by atoms with Crippen LogP contribution < -0.4 is 0 Å². The second-order valence-corrected chi connectivity index (χ2v) is 3.48. The van der Waals surface area contributed by atoms with E-state index in [1.807, 2.05) is 5.38 Å². The Morgan fingerprint density at radius 1 is 1.38 bits per heavy atom. The molecule has 2 heterocycles. The van der Waals surface area contributed by atoms with Crippen LogP contribution in [0.2, 0.25) is 0 Å². The smallest absolute Gasteiger partial charge is 0.143 e. The third-order valence-corrected chi connectivity index (χ3v) is 2.49. The molecule has 0 N–H and O–H groups in total. The quantitative estimate of drug-likeness (QED) is 0.730.